The van der Waals surface area contributed by atoms with Crippen LogP contribution in [-0.2, 0) is 6.54 Å². The summed E-state index contributed by atoms with van der Waals surface area (Å²) in [4.78, 5) is 4.45. The molecule has 19 heavy (non-hydrogen) atoms. The van der Waals surface area contributed by atoms with Gasteiger partial charge in [-0.25, -0.2) is 4.98 Å². The Kier molecular flexibility index (Phi) is 3.53. The molecule has 0 saturated heterocycles. The van der Waals surface area contributed by atoms with Crippen molar-refractivity contribution in [3.8, 4) is 0 Å². The molecule has 2 heterocycles. The smallest absolute Gasteiger partial charge is 0.134 e. The number of halogens is 1. The molecule has 2 nitrogen and oxygen atoms in total. The monoisotopic (exact) mass is 332 g/mol. The van der Waals surface area contributed by atoms with Gasteiger partial charge in [-0.3, -0.25) is 0 Å². The molecule has 2 aromatic heterocycles. The van der Waals surface area contributed by atoms with Crippen LogP contribution in [0, 0.1) is 6.92 Å². The number of aryl methyl sites for hydroxylation is 1. The summed E-state index contributed by atoms with van der Waals surface area (Å²) >= 11 is 5.32. The molecule has 0 radical (unpaired) electrons. The van der Waals surface area contributed by atoms with Gasteiger partial charge in [-0.1, -0.05) is 28.1 Å². The van der Waals surface area contributed by atoms with Crippen molar-refractivity contribution < 1.29 is 0 Å². The second-order valence-corrected chi connectivity index (χ2v) is 6.03. The number of aromatic nitrogens is 1. The van der Waals surface area contributed by atoms with E-state index >= 15 is 0 Å². The zero-order valence-electron chi connectivity index (χ0n) is 10.5. The first-order valence-electron chi connectivity index (χ1n) is 6.04. The van der Waals surface area contributed by atoms with Crippen molar-refractivity contribution in [2.45, 2.75) is 13.5 Å². The molecule has 3 aromatic rings. The fraction of sp³-hybridized carbons (Fsp3) is 0.133. The summed E-state index contributed by atoms with van der Waals surface area (Å²) in [6.45, 7) is 2.95. The van der Waals surface area contributed by atoms with E-state index in [1.54, 1.807) is 11.3 Å². The van der Waals surface area contributed by atoms with Crippen LogP contribution >= 0.6 is 27.3 Å². The topological polar surface area (TPSA) is 24.9 Å². The highest BCUT2D eigenvalue weighted by molar-refractivity contribution is 9.10. The predicted octanol–water partition coefficient (Wildman–Crippen LogP) is 4.98. The maximum Gasteiger partial charge on any atom is 0.134 e. The van der Waals surface area contributed by atoms with Gasteiger partial charge in [0.05, 0.1) is 0 Å². The number of rotatable bonds is 3. The van der Waals surface area contributed by atoms with Crippen LogP contribution in [0.5, 0.6) is 0 Å². The number of nitrogens with zero attached hydrogens (tertiary/aromatic N) is 1. The fourth-order valence-corrected chi connectivity index (χ4v) is 3.41. The lowest BCUT2D eigenvalue weighted by Gasteiger charge is -2.09. The largest absolute Gasteiger partial charge is 0.365 e. The van der Waals surface area contributed by atoms with Crippen LogP contribution in [0.4, 0.5) is 5.82 Å². The first-order chi connectivity index (χ1) is 9.25. The molecule has 0 bridgehead atoms. The van der Waals surface area contributed by atoms with Crippen molar-refractivity contribution in [3.05, 3.63) is 56.8 Å². The number of fused-ring (bicyclic) bond motifs is 1. The molecular weight excluding hydrogens is 320 g/mol. The number of hydrogen-bond acceptors (Lipinski definition) is 3. The highest BCUT2D eigenvalue weighted by Gasteiger charge is 2.05. The first-order valence-corrected chi connectivity index (χ1v) is 7.78. The Morgan fingerprint density at radius 3 is 2.89 bits per heavy atom. The van der Waals surface area contributed by atoms with Gasteiger partial charge in [-0.2, -0.15) is 11.3 Å². The van der Waals surface area contributed by atoms with E-state index < -0.39 is 0 Å². The Hall–Kier alpha value is -1.39. The van der Waals surface area contributed by atoms with Crippen LogP contribution in [0.3, 0.4) is 0 Å². The summed E-state index contributed by atoms with van der Waals surface area (Å²) < 4.78 is 1.10. The number of anilines is 1. The van der Waals surface area contributed by atoms with Crippen molar-refractivity contribution in [1.82, 2.24) is 4.98 Å². The number of thiophene rings is 1. The normalized spacial score (nSPS) is 10.8. The van der Waals surface area contributed by atoms with E-state index in [0.29, 0.717) is 0 Å². The van der Waals surface area contributed by atoms with E-state index in [0.717, 1.165) is 22.2 Å². The molecule has 0 saturated carbocycles. The third-order valence-electron chi connectivity index (χ3n) is 3.16. The van der Waals surface area contributed by atoms with Crippen LogP contribution < -0.4 is 5.32 Å². The molecule has 1 N–H and O–H groups in total. The minimum atomic E-state index is 0.813. The van der Waals surface area contributed by atoms with Crippen LogP contribution in [0.15, 0.2) is 45.7 Å². The van der Waals surface area contributed by atoms with E-state index in [1.165, 1.54) is 16.5 Å². The molecule has 96 valence electrons. The fourth-order valence-electron chi connectivity index (χ4n) is 2.06. The summed E-state index contributed by atoms with van der Waals surface area (Å²) in [6, 6.07) is 8.21. The average molecular weight is 333 g/mol. The Morgan fingerprint density at radius 1 is 1.21 bits per heavy atom. The van der Waals surface area contributed by atoms with E-state index in [1.807, 2.05) is 18.3 Å². The molecule has 0 aliphatic carbocycles. The third kappa shape index (κ3) is 2.51. The van der Waals surface area contributed by atoms with E-state index in [9.17, 15) is 0 Å². The lowest BCUT2D eigenvalue weighted by Crippen LogP contribution is -2.02. The summed E-state index contributed by atoms with van der Waals surface area (Å²) in [7, 11) is 0. The van der Waals surface area contributed by atoms with E-state index in [4.69, 9.17) is 0 Å². The van der Waals surface area contributed by atoms with Gasteiger partial charge in [0.1, 0.15) is 5.82 Å². The van der Waals surface area contributed by atoms with Crippen LogP contribution in [0.1, 0.15) is 11.1 Å². The lowest BCUT2D eigenvalue weighted by atomic mass is 10.1. The third-order valence-corrected chi connectivity index (χ3v) is 4.76. The SMILES string of the molecule is Cc1cscc1CNc1nccc2c(Br)cccc12. The molecule has 0 atom stereocenters. The van der Waals surface area contributed by atoms with Gasteiger partial charge in [0.2, 0.25) is 0 Å². The van der Waals surface area contributed by atoms with Gasteiger partial charge in [0.25, 0.3) is 0 Å². The standard InChI is InChI=1S/C15H13BrN2S/c1-10-8-19-9-11(10)7-18-15-13-3-2-4-14(16)12(13)5-6-17-15/h2-6,8-9H,7H2,1H3,(H,17,18). The van der Waals surface area contributed by atoms with Crippen molar-refractivity contribution in [2.24, 2.45) is 0 Å². The van der Waals surface area contributed by atoms with Gasteiger partial charge in [0, 0.05) is 28.0 Å². The summed E-state index contributed by atoms with van der Waals surface area (Å²) in [5.41, 5.74) is 2.66. The molecule has 0 fully saturated rings. The molecule has 3 rings (SSSR count). The number of benzene rings is 1. The van der Waals surface area contributed by atoms with Crippen molar-refractivity contribution in [1.29, 1.82) is 0 Å². The molecule has 4 heteroatoms. The highest BCUT2D eigenvalue weighted by atomic mass is 79.9. The Morgan fingerprint density at radius 2 is 2.11 bits per heavy atom. The molecule has 0 aliphatic rings. The van der Waals surface area contributed by atoms with Gasteiger partial charge in [0.15, 0.2) is 0 Å². The van der Waals surface area contributed by atoms with E-state index in [-0.39, 0.29) is 0 Å². The van der Waals surface area contributed by atoms with Crippen molar-refractivity contribution >= 4 is 43.9 Å². The quantitative estimate of drug-likeness (QED) is 0.731. The van der Waals surface area contributed by atoms with Gasteiger partial charge >= 0.3 is 0 Å². The molecule has 0 unspecified atom stereocenters. The Labute approximate surface area is 124 Å². The van der Waals surface area contributed by atoms with Crippen molar-refractivity contribution in [3.63, 3.8) is 0 Å². The maximum absolute atomic E-state index is 4.45. The van der Waals surface area contributed by atoms with E-state index in [2.05, 4.69) is 56.0 Å². The highest BCUT2D eigenvalue weighted by Crippen LogP contribution is 2.28. The summed E-state index contributed by atoms with van der Waals surface area (Å²) in [5, 5.41) is 10.1. The molecular formula is C15H13BrN2S. The second kappa shape index (κ2) is 5.31. The average Bonchev–Trinajstić information content (AvgIpc) is 2.82. The molecule has 0 amide bonds. The Bertz CT molecular complexity index is 721. The van der Waals surface area contributed by atoms with Crippen LogP contribution in [-0.4, -0.2) is 4.98 Å². The minimum Gasteiger partial charge on any atom is -0.365 e. The lowest BCUT2D eigenvalue weighted by molar-refractivity contribution is 1.11. The summed E-state index contributed by atoms with van der Waals surface area (Å²) in [6.07, 6.45) is 1.84. The van der Waals surface area contributed by atoms with Gasteiger partial charge < -0.3 is 5.32 Å². The van der Waals surface area contributed by atoms with Crippen LogP contribution in [0.2, 0.25) is 0 Å². The second-order valence-electron chi connectivity index (χ2n) is 4.43. The zero-order chi connectivity index (χ0) is 13.2. The molecule has 1 aromatic carbocycles. The predicted molar refractivity (Wildman–Crippen MR) is 85.8 cm³/mol. The number of pyridine rings is 1. The van der Waals surface area contributed by atoms with Gasteiger partial charge in [-0.15, -0.1) is 0 Å². The molecule has 0 aliphatic heterocycles. The zero-order valence-corrected chi connectivity index (χ0v) is 12.9. The van der Waals surface area contributed by atoms with Gasteiger partial charge in [-0.05, 0) is 40.9 Å². The maximum atomic E-state index is 4.45. The number of hydrogen-bond donors (Lipinski definition) is 1. The van der Waals surface area contributed by atoms with Crippen molar-refractivity contribution in [2.75, 3.05) is 5.32 Å². The Balaban J connectivity index is 1.93. The van der Waals surface area contributed by atoms with Crippen LogP contribution in [0.25, 0.3) is 10.8 Å². The minimum absolute atomic E-state index is 0.813. The summed E-state index contributed by atoms with van der Waals surface area (Å²) in [5.74, 6) is 0.935. The molecule has 0 spiro atoms. The first kappa shape index (κ1) is 12.6. The number of nitrogens with one attached hydrogen (secondary N) is 1.